The number of hydrogen-bond acceptors (Lipinski definition) is 2. The Hall–Kier alpha value is -1.40. The zero-order valence-electron chi connectivity index (χ0n) is 10.7. The second kappa shape index (κ2) is 5.97. The van der Waals surface area contributed by atoms with Crippen LogP contribution in [0.3, 0.4) is 0 Å². The molecule has 0 spiro atoms. The summed E-state index contributed by atoms with van der Waals surface area (Å²) < 4.78 is 19.5. The van der Waals surface area contributed by atoms with E-state index >= 15 is 0 Å². The lowest BCUT2D eigenvalue weighted by atomic mass is 9.89. The number of nitrogens with zero attached hydrogens (tertiary/aromatic N) is 1. The highest BCUT2D eigenvalue weighted by Crippen LogP contribution is 2.26. The first-order chi connectivity index (χ1) is 8.70. The lowest BCUT2D eigenvalue weighted by Crippen LogP contribution is -2.20. The highest BCUT2D eigenvalue weighted by Gasteiger charge is 2.19. The Morgan fingerprint density at radius 2 is 2.06 bits per heavy atom. The predicted molar refractivity (Wildman–Crippen MR) is 67.3 cm³/mol. The molecule has 0 N–H and O–H groups in total. The fraction of sp³-hybridized carbons (Fsp3) is 0.533. The zero-order valence-corrected chi connectivity index (χ0v) is 10.7. The lowest BCUT2D eigenvalue weighted by Gasteiger charge is -2.26. The molecule has 1 aliphatic carbocycles. The Labute approximate surface area is 107 Å². The molecule has 0 amide bonds. The molecule has 96 valence electrons. The third-order valence-corrected chi connectivity index (χ3v) is 3.64. The van der Waals surface area contributed by atoms with E-state index in [1.807, 2.05) is 6.07 Å². The van der Waals surface area contributed by atoms with Gasteiger partial charge in [0.25, 0.3) is 0 Å². The summed E-state index contributed by atoms with van der Waals surface area (Å²) in [5.41, 5.74) is 0.570. The normalized spacial score (nSPS) is 23.6. The van der Waals surface area contributed by atoms with Crippen molar-refractivity contribution in [2.75, 3.05) is 0 Å². The molecule has 2 rings (SSSR count). The van der Waals surface area contributed by atoms with E-state index in [1.54, 1.807) is 12.1 Å². The number of nitriles is 1. The summed E-state index contributed by atoms with van der Waals surface area (Å²) in [4.78, 5) is 0. The molecule has 1 aromatic carbocycles. The van der Waals surface area contributed by atoms with Gasteiger partial charge in [-0.3, -0.25) is 0 Å². The Morgan fingerprint density at radius 3 is 2.72 bits per heavy atom. The maximum Gasteiger partial charge on any atom is 0.146 e. The van der Waals surface area contributed by atoms with Crippen molar-refractivity contribution < 1.29 is 9.13 Å². The van der Waals surface area contributed by atoms with E-state index in [0.717, 1.165) is 18.8 Å². The molecular weight excluding hydrogens is 229 g/mol. The summed E-state index contributed by atoms with van der Waals surface area (Å²) in [6, 6.07) is 6.72. The van der Waals surface area contributed by atoms with Gasteiger partial charge in [0.2, 0.25) is 0 Å². The molecule has 18 heavy (non-hydrogen) atoms. The first-order valence-corrected chi connectivity index (χ1v) is 6.49. The zero-order chi connectivity index (χ0) is 13.0. The summed E-state index contributed by atoms with van der Waals surface area (Å²) in [7, 11) is 0. The van der Waals surface area contributed by atoms with E-state index in [-0.39, 0.29) is 18.3 Å². The van der Waals surface area contributed by atoms with Gasteiger partial charge in [-0.25, -0.2) is 4.39 Å². The number of benzene rings is 1. The van der Waals surface area contributed by atoms with E-state index in [2.05, 4.69) is 6.92 Å². The van der Waals surface area contributed by atoms with Gasteiger partial charge in [-0.05, 0) is 37.7 Å². The van der Waals surface area contributed by atoms with E-state index in [1.165, 1.54) is 18.9 Å². The average molecular weight is 247 g/mol. The minimum absolute atomic E-state index is 0.0911. The number of ether oxygens (including phenoxy) is 1. The van der Waals surface area contributed by atoms with Gasteiger partial charge in [0.1, 0.15) is 11.9 Å². The molecule has 2 nitrogen and oxygen atoms in total. The molecule has 1 fully saturated rings. The standard InChI is InChI=1S/C15H18FNO/c1-11-5-7-14(8-6-11)18-10-13-4-2-3-12(9-17)15(13)16/h2-4,11,14H,5-8,10H2,1H3. The van der Waals surface area contributed by atoms with Gasteiger partial charge in [0.05, 0.1) is 18.3 Å². The van der Waals surface area contributed by atoms with Crippen LogP contribution in [0.15, 0.2) is 18.2 Å². The summed E-state index contributed by atoms with van der Waals surface area (Å²) in [6.07, 6.45) is 4.73. The van der Waals surface area contributed by atoms with Crippen LogP contribution in [0, 0.1) is 23.1 Å². The summed E-state index contributed by atoms with van der Waals surface area (Å²) >= 11 is 0. The van der Waals surface area contributed by atoms with E-state index in [0.29, 0.717) is 5.56 Å². The highest BCUT2D eigenvalue weighted by atomic mass is 19.1. The van der Waals surface area contributed by atoms with Crippen LogP contribution in [0.25, 0.3) is 0 Å². The topological polar surface area (TPSA) is 33.0 Å². The third-order valence-electron chi connectivity index (χ3n) is 3.64. The minimum Gasteiger partial charge on any atom is -0.373 e. The molecule has 0 aliphatic heterocycles. The Bertz CT molecular complexity index is 444. The highest BCUT2D eigenvalue weighted by molar-refractivity contribution is 5.34. The second-order valence-corrected chi connectivity index (χ2v) is 5.08. The van der Waals surface area contributed by atoms with Crippen LogP contribution >= 0.6 is 0 Å². The number of hydrogen-bond donors (Lipinski definition) is 0. The molecule has 0 atom stereocenters. The van der Waals surface area contributed by atoms with Crippen molar-refractivity contribution in [1.82, 2.24) is 0 Å². The van der Waals surface area contributed by atoms with Gasteiger partial charge in [-0.15, -0.1) is 0 Å². The average Bonchev–Trinajstić information content (AvgIpc) is 2.39. The predicted octanol–water partition coefficient (Wildman–Crippen LogP) is 3.79. The molecule has 1 saturated carbocycles. The summed E-state index contributed by atoms with van der Waals surface area (Å²) in [6.45, 7) is 2.52. The fourth-order valence-electron chi connectivity index (χ4n) is 2.38. The first kappa shape index (κ1) is 13.0. The monoisotopic (exact) mass is 247 g/mol. The van der Waals surface area contributed by atoms with Crippen LogP contribution in [-0.4, -0.2) is 6.10 Å². The smallest absolute Gasteiger partial charge is 0.146 e. The molecule has 0 heterocycles. The van der Waals surface area contributed by atoms with Gasteiger partial charge < -0.3 is 4.74 Å². The van der Waals surface area contributed by atoms with E-state index in [4.69, 9.17) is 10.00 Å². The molecule has 0 unspecified atom stereocenters. The number of halogens is 1. The number of rotatable bonds is 3. The van der Waals surface area contributed by atoms with Crippen LogP contribution in [-0.2, 0) is 11.3 Å². The molecular formula is C15H18FNO. The summed E-state index contributed by atoms with van der Waals surface area (Å²) in [5, 5.41) is 8.76. The van der Waals surface area contributed by atoms with Crippen LogP contribution in [0.4, 0.5) is 4.39 Å². The van der Waals surface area contributed by atoms with Crippen molar-refractivity contribution in [2.24, 2.45) is 5.92 Å². The van der Waals surface area contributed by atoms with Gasteiger partial charge in [0, 0.05) is 5.56 Å². The van der Waals surface area contributed by atoms with Crippen molar-refractivity contribution in [2.45, 2.75) is 45.3 Å². The van der Waals surface area contributed by atoms with E-state index in [9.17, 15) is 4.39 Å². The van der Waals surface area contributed by atoms with Crippen molar-refractivity contribution in [3.8, 4) is 6.07 Å². The SMILES string of the molecule is CC1CCC(OCc2cccc(C#N)c2F)CC1. The first-order valence-electron chi connectivity index (χ1n) is 6.49. The molecule has 0 radical (unpaired) electrons. The minimum atomic E-state index is -0.441. The molecule has 0 aromatic heterocycles. The molecule has 0 saturated heterocycles. The van der Waals surface area contributed by atoms with Crippen molar-refractivity contribution in [3.63, 3.8) is 0 Å². The Kier molecular flexibility index (Phi) is 4.33. The molecule has 1 aliphatic rings. The van der Waals surface area contributed by atoms with Crippen LogP contribution in [0.1, 0.15) is 43.7 Å². The van der Waals surface area contributed by atoms with Gasteiger partial charge >= 0.3 is 0 Å². The maximum absolute atomic E-state index is 13.8. The van der Waals surface area contributed by atoms with Crippen LogP contribution in [0.2, 0.25) is 0 Å². The second-order valence-electron chi connectivity index (χ2n) is 5.08. The molecule has 0 bridgehead atoms. The Morgan fingerprint density at radius 1 is 1.33 bits per heavy atom. The van der Waals surface area contributed by atoms with Crippen molar-refractivity contribution >= 4 is 0 Å². The lowest BCUT2D eigenvalue weighted by molar-refractivity contribution is 0.00758. The fourth-order valence-corrected chi connectivity index (χ4v) is 2.38. The van der Waals surface area contributed by atoms with Gasteiger partial charge in [-0.2, -0.15) is 5.26 Å². The van der Waals surface area contributed by atoms with Crippen molar-refractivity contribution in [3.05, 3.63) is 35.1 Å². The maximum atomic E-state index is 13.8. The molecule has 3 heteroatoms. The van der Waals surface area contributed by atoms with E-state index < -0.39 is 5.82 Å². The Balaban J connectivity index is 1.93. The van der Waals surface area contributed by atoms with Crippen molar-refractivity contribution in [1.29, 1.82) is 5.26 Å². The van der Waals surface area contributed by atoms with Gasteiger partial charge in [0.15, 0.2) is 0 Å². The van der Waals surface area contributed by atoms with Crippen LogP contribution < -0.4 is 0 Å². The molecule has 1 aromatic rings. The largest absolute Gasteiger partial charge is 0.373 e. The quantitative estimate of drug-likeness (QED) is 0.814. The summed E-state index contributed by atoms with van der Waals surface area (Å²) in [5.74, 6) is 0.340. The van der Waals surface area contributed by atoms with Crippen LogP contribution in [0.5, 0.6) is 0 Å². The van der Waals surface area contributed by atoms with Gasteiger partial charge in [-0.1, -0.05) is 19.1 Å². The third kappa shape index (κ3) is 3.08.